The molecule has 3 fully saturated rings. The van der Waals surface area contributed by atoms with E-state index in [2.05, 4.69) is 29.7 Å². The number of fused-ring (bicyclic) bond motifs is 1. The van der Waals surface area contributed by atoms with Crippen molar-refractivity contribution in [2.24, 2.45) is 11.8 Å². The van der Waals surface area contributed by atoms with E-state index in [-0.39, 0.29) is 5.41 Å². The van der Waals surface area contributed by atoms with Gasteiger partial charge in [0.1, 0.15) is 5.75 Å². The van der Waals surface area contributed by atoms with Crippen molar-refractivity contribution in [2.75, 3.05) is 32.7 Å². The van der Waals surface area contributed by atoms with E-state index in [1.54, 1.807) is 6.07 Å². The van der Waals surface area contributed by atoms with E-state index in [1.807, 2.05) is 12.1 Å². The van der Waals surface area contributed by atoms with Gasteiger partial charge in [0.15, 0.2) is 0 Å². The smallest absolute Gasteiger partial charge is 0.115 e. The summed E-state index contributed by atoms with van der Waals surface area (Å²) in [6.45, 7) is 11.0. The van der Waals surface area contributed by atoms with Crippen molar-refractivity contribution >= 4 is 0 Å². The molecule has 3 atom stereocenters. The first-order valence-electron chi connectivity index (χ1n) is 10.8. The van der Waals surface area contributed by atoms with Crippen LogP contribution in [-0.2, 0) is 5.41 Å². The average molecular weight is 357 g/mol. The van der Waals surface area contributed by atoms with Crippen molar-refractivity contribution in [2.45, 2.75) is 63.8 Å². The van der Waals surface area contributed by atoms with E-state index in [0.717, 1.165) is 5.92 Å². The topological polar surface area (TPSA) is 26.7 Å². The summed E-state index contributed by atoms with van der Waals surface area (Å²) in [5.74, 6) is 1.96. The summed E-state index contributed by atoms with van der Waals surface area (Å²) in [4.78, 5) is 5.50. The number of piperazine rings is 1. The predicted octanol–water partition coefficient (Wildman–Crippen LogP) is 4.26. The molecule has 1 aromatic carbocycles. The van der Waals surface area contributed by atoms with Crippen LogP contribution in [0.4, 0.5) is 0 Å². The van der Waals surface area contributed by atoms with E-state index < -0.39 is 0 Å². The summed E-state index contributed by atoms with van der Waals surface area (Å²) in [7, 11) is 0. The number of benzene rings is 1. The summed E-state index contributed by atoms with van der Waals surface area (Å²) in [5.41, 5.74) is 1.47. The van der Waals surface area contributed by atoms with Crippen LogP contribution in [0.2, 0.25) is 0 Å². The standard InChI is InChI=1S/C23H36N2O/c1-18-15-25-12-11-24(16-19-7-4-3-5-8-19)17-21(25)14-23(18,2)20-9-6-10-22(26)13-20/h6,9-10,13,18-19,21,26H,3-5,7-8,11-12,14-17H2,1-2H3. The van der Waals surface area contributed by atoms with E-state index in [9.17, 15) is 5.11 Å². The number of rotatable bonds is 3. The zero-order valence-corrected chi connectivity index (χ0v) is 16.7. The summed E-state index contributed by atoms with van der Waals surface area (Å²) < 4.78 is 0. The minimum Gasteiger partial charge on any atom is -0.508 e. The Hall–Kier alpha value is -1.06. The van der Waals surface area contributed by atoms with E-state index in [4.69, 9.17) is 0 Å². The predicted molar refractivity (Wildman–Crippen MR) is 108 cm³/mol. The highest BCUT2D eigenvalue weighted by molar-refractivity contribution is 5.34. The molecule has 3 heteroatoms. The number of hydrogen-bond acceptors (Lipinski definition) is 3. The third-order valence-corrected chi connectivity index (χ3v) is 7.69. The molecule has 4 rings (SSSR count). The van der Waals surface area contributed by atoms with E-state index in [0.29, 0.717) is 17.7 Å². The fourth-order valence-electron chi connectivity index (χ4n) is 5.80. The lowest BCUT2D eigenvalue weighted by atomic mass is 9.65. The molecule has 2 heterocycles. The van der Waals surface area contributed by atoms with Gasteiger partial charge in [-0.25, -0.2) is 0 Å². The van der Waals surface area contributed by atoms with Crippen LogP contribution in [0.5, 0.6) is 5.75 Å². The Morgan fingerprint density at radius 2 is 1.92 bits per heavy atom. The molecule has 0 spiro atoms. The van der Waals surface area contributed by atoms with Gasteiger partial charge in [-0.05, 0) is 54.2 Å². The highest BCUT2D eigenvalue weighted by Crippen LogP contribution is 2.43. The first-order chi connectivity index (χ1) is 12.5. The van der Waals surface area contributed by atoms with Crippen LogP contribution in [0.3, 0.4) is 0 Å². The lowest BCUT2D eigenvalue weighted by Crippen LogP contribution is -2.61. The summed E-state index contributed by atoms with van der Waals surface area (Å²) in [5, 5.41) is 9.98. The van der Waals surface area contributed by atoms with Crippen molar-refractivity contribution in [1.29, 1.82) is 0 Å². The molecular weight excluding hydrogens is 320 g/mol. The first kappa shape index (κ1) is 18.3. The SMILES string of the molecule is CC1CN2CCN(CC3CCCCC3)CC2CC1(C)c1cccc(O)c1. The van der Waals surface area contributed by atoms with Crippen LogP contribution in [0.15, 0.2) is 24.3 Å². The van der Waals surface area contributed by atoms with Gasteiger partial charge in [-0.2, -0.15) is 0 Å². The molecule has 2 aliphatic heterocycles. The third kappa shape index (κ3) is 3.66. The Morgan fingerprint density at radius 1 is 1.12 bits per heavy atom. The van der Waals surface area contributed by atoms with Crippen LogP contribution in [0.1, 0.15) is 57.9 Å². The molecular formula is C23H36N2O. The van der Waals surface area contributed by atoms with Gasteiger partial charge < -0.3 is 10.0 Å². The molecule has 1 saturated carbocycles. The monoisotopic (exact) mass is 356 g/mol. The third-order valence-electron chi connectivity index (χ3n) is 7.69. The average Bonchev–Trinajstić information content (AvgIpc) is 2.64. The van der Waals surface area contributed by atoms with Gasteiger partial charge in [0.2, 0.25) is 0 Å². The fraction of sp³-hybridized carbons (Fsp3) is 0.739. The molecule has 0 amide bonds. The summed E-state index contributed by atoms with van der Waals surface area (Å²) in [6, 6.07) is 8.67. The minimum absolute atomic E-state index is 0.160. The summed E-state index contributed by atoms with van der Waals surface area (Å²) >= 11 is 0. The van der Waals surface area contributed by atoms with Gasteiger partial charge in [0.25, 0.3) is 0 Å². The maximum atomic E-state index is 9.98. The van der Waals surface area contributed by atoms with Gasteiger partial charge in [-0.3, -0.25) is 4.90 Å². The Balaban J connectivity index is 1.45. The Morgan fingerprint density at radius 3 is 2.69 bits per heavy atom. The second-order valence-electron chi connectivity index (χ2n) is 9.49. The maximum Gasteiger partial charge on any atom is 0.115 e. The van der Waals surface area contributed by atoms with Gasteiger partial charge in [0, 0.05) is 38.8 Å². The lowest BCUT2D eigenvalue weighted by molar-refractivity contribution is -0.00874. The first-order valence-corrected chi connectivity index (χ1v) is 10.8. The maximum absolute atomic E-state index is 9.98. The van der Waals surface area contributed by atoms with E-state index in [1.165, 1.54) is 76.8 Å². The molecule has 144 valence electrons. The minimum atomic E-state index is 0.160. The molecule has 1 aromatic rings. The zero-order valence-electron chi connectivity index (χ0n) is 16.7. The number of phenolic OH excluding ortho intramolecular Hbond substituents is 1. The largest absolute Gasteiger partial charge is 0.508 e. The van der Waals surface area contributed by atoms with E-state index >= 15 is 0 Å². The molecule has 3 nitrogen and oxygen atoms in total. The number of hydrogen-bond donors (Lipinski definition) is 1. The van der Waals surface area contributed by atoms with Gasteiger partial charge in [0.05, 0.1) is 0 Å². The second-order valence-corrected chi connectivity index (χ2v) is 9.49. The number of nitrogens with zero attached hydrogens (tertiary/aromatic N) is 2. The van der Waals surface area contributed by atoms with Crippen molar-refractivity contribution < 1.29 is 5.11 Å². The van der Waals surface area contributed by atoms with Gasteiger partial charge in [-0.15, -0.1) is 0 Å². The van der Waals surface area contributed by atoms with Crippen LogP contribution in [0, 0.1) is 11.8 Å². The highest BCUT2D eigenvalue weighted by atomic mass is 16.3. The Labute approximate surface area is 159 Å². The van der Waals surface area contributed by atoms with Crippen molar-refractivity contribution in [3.05, 3.63) is 29.8 Å². The second kappa shape index (κ2) is 7.52. The van der Waals surface area contributed by atoms with Crippen LogP contribution >= 0.6 is 0 Å². The number of phenols is 1. The Kier molecular flexibility index (Phi) is 5.29. The lowest BCUT2D eigenvalue weighted by Gasteiger charge is -2.53. The molecule has 3 unspecified atom stereocenters. The Bertz CT molecular complexity index is 612. The molecule has 26 heavy (non-hydrogen) atoms. The fourth-order valence-corrected chi connectivity index (χ4v) is 5.80. The van der Waals surface area contributed by atoms with Crippen LogP contribution in [-0.4, -0.2) is 53.7 Å². The molecule has 2 saturated heterocycles. The van der Waals surface area contributed by atoms with Crippen molar-refractivity contribution in [3.63, 3.8) is 0 Å². The van der Waals surface area contributed by atoms with Gasteiger partial charge in [-0.1, -0.05) is 45.2 Å². The molecule has 3 aliphatic rings. The number of aromatic hydroxyl groups is 1. The highest BCUT2D eigenvalue weighted by Gasteiger charge is 2.44. The molecule has 1 aliphatic carbocycles. The van der Waals surface area contributed by atoms with Crippen LogP contribution in [0.25, 0.3) is 0 Å². The molecule has 0 aromatic heterocycles. The molecule has 0 bridgehead atoms. The zero-order chi connectivity index (χ0) is 18.1. The normalized spacial score (nSPS) is 34.5. The molecule has 0 radical (unpaired) electrons. The quantitative estimate of drug-likeness (QED) is 0.877. The van der Waals surface area contributed by atoms with Gasteiger partial charge >= 0.3 is 0 Å². The number of piperidine rings is 1. The summed E-state index contributed by atoms with van der Waals surface area (Å²) in [6.07, 6.45) is 8.44. The van der Waals surface area contributed by atoms with Crippen molar-refractivity contribution in [3.8, 4) is 5.75 Å². The molecule has 1 N–H and O–H groups in total. The van der Waals surface area contributed by atoms with Crippen LogP contribution < -0.4 is 0 Å². The van der Waals surface area contributed by atoms with Crippen molar-refractivity contribution in [1.82, 2.24) is 9.80 Å².